The van der Waals surface area contributed by atoms with Crippen molar-refractivity contribution in [1.29, 1.82) is 0 Å². The van der Waals surface area contributed by atoms with Gasteiger partial charge in [-0.05, 0) is 0 Å². The Morgan fingerprint density at radius 2 is 1.84 bits per heavy atom. The first kappa shape index (κ1) is 14.8. The van der Waals surface area contributed by atoms with Gasteiger partial charge in [0.2, 0.25) is 11.7 Å². The summed E-state index contributed by atoms with van der Waals surface area (Å²) in [5.74, 6) is -2.67. The van der Waals surface area contributed by atoms with E-state index in [1.807, 2.05) is 0 Å². The van der Waals surface area contributed by atoms with Crippen molar-refractivity contribution in [3.8, 4) is 0 Å². The molecular formula is C11H13F2N3O3. The van der Waals surface area contributed by atoms with Gasteiger partial charge < -0.3 is 0 Å². The fourth-order valence-electron chi connectivity index (χ4n) is 1.08. The Balaban J connectivity index is 2.89. The Bertz CT molecular complexity index is 527. The fourth-order valence-corrected chi connectivity index (χ4v) is 1.08. The van der Waals surface area contributed by atoms with Crippen LogP contribution in [0.5, 0.6) is 0 Å². The van der Waals surface area contributed by atoms with Crippen molar-refractivity contribution in [1.82, 2.24) is 5.43 Å². The lowest BCUT2D eigenvalue weighted by atomic mass is 9.96. The standard InChI is InChI=1S/C11H13F2N3O3/c1-11(2,3)10(17)15-14-8-4-7(13)9(16(18)19)5-6(8)12/h4-5,14H,1-3H3,(H,15,17). The fraction of sp³-hybridized carbons (Fsp3) is 0.364. The number of amides is 1. The van der Waals surface area contributed by atoms with Crippen LogP contribution in [-0.4, -0.2) is 10.8 Å². The summed E-state index contributed by atoms with van der Waals surface area (Å²) in [4.78, 5) is 20.9. The normalized spacial score (nSPS) is 11.0. The predicted molar refractivity (Wildman–Crippen MR) is 64.2 cm³/mol. The number of benzene rings is 1. The highest BCUT2D eigenvalue weighted by Crippen LogP contribution is 2.24. The van der Waals surface area contributed by atoms with Crippen LogP contribution in [0.15, 0.2) is 12.1 Å². The first-order chi connectivity index (χ1) is 8.62. The number of nitro groups is 1. The van der Waals surface area contributed by atoms with E-state index in [0.717, 1.165) is 0 Å². The van der Waals surface area contributed by atoms with E-state index in [0.29, 0.717) is 12.1 Å². The van der Waals surface area contributed by atoms with Crippen molar-refractivity contribution in [3.05, 3.63) is 33.9 Å². The molecule has 0 heterocycles. The van der Waals surface area contributed by atoms with E-state index in [2.05, 4.69) is 10.9 Å². The van der Waals surface area contributed by atoms with Crippen LogP contribution < -0.4 is 10.9 Å². The molecule has 0 unspecified atom stereocenters. The summed E-state index contributed by atoms with van der Waals surface area (Å²) in [5, 5.41) is 10.4. The molecule has 0 aromatic heterocycles. The summed E-state index contributed by atoms with van der Waals surface area (Å²) in [6.45, 7) is 4.91. The van der Waals surface area contributed by atoms with E-state index in [1.165, 1.54) is 0 Å². The van der Waals surface area contributed by atoms with Gasteiger partial charge in [0.1, 0.15) is 0 Å². The molecule has 6 nitrogen and oxygen atoms in total. The van der Waals surface area contributed by atoms with Gasteiger partial charge in [0.15, 0.2) is 5.82 Å². The Labute approximate surface area is 107 Å². The molecule has 8 heteroatoms. The Morgan fingerprint density at radius 1 is 1.26 bits per heavy atom. The Hall–Kier alpha value is -2.25. The third-order valence-electron chi connectivity index (χ3n) is 2.23. The third kappa shape index (κ3) is 3.60. The third-order valence-corrected chi connectivity index (χ3v) is 2.23. The maximum absolute atomic E-state index is 13.5. The lowest BCUT2D eigenvalue weighted by Crippen LogP contribution is -2.38. The maximum Gasteiger partial charge on any atom is 0.307 e. The van der Waals surface area contributed by atoms with Crippen LogP contribution in [0.25, 0.3) is 0 Å². The monoisotopic (exact) mass is 273 g/mol. The molecule has 0 aliphatic rings. The Morgan fingerprint density at radius 3 is 2.32 bits per heavy atom. The number of anilines is 1. The number of hydrazine groups is 1. The van der Waals surface area contributed by atoms with Gasteiger partial charge in [-0.3, -0.25) is 25.8 Å². The molecule has 0 saturated carbocycles. The number of hydrogen-bond acceptors (Lipinski definition) is 4. The van der Waals surface area contributed by atoms with Gasteiger partial charge in [-0.2, -0.15) is 4.39 Å². The first-order valence-corrected chi connectivity index (χ1v) is 5.33. The molecule has 1 aromatic carbocycles. The molecule has 1 aromatic rings. The largest absolute Gasteiger partial charge is 0.307 e. The van der Waals surface area contributed by atoms with Crippen LogP contribution in [0.2, 0.25) is 0 Å². The highest BCUT2D eigenvalue weighted by molar-refractivity contribution is 5.82. The van der Waals surface area contributed by atoms with Crippen LogP contribution in [-0.2, 0) is 4.79 Å². The average molecular weight is 273 g/mol. The number of carbonyl (C=O) groups is 1. The topological polar surface area (TPSA) is 84.3 Å². The SMILES string of the molecule is CC(C)(C)C(=O)NNc1cc(F)c([N+](=O)[O-])cc1F. The van der Waals surface area contributed by atoms with E-state index in [1.54, 1.807) is 20.8 Å². The zero-order valence-corrected chi connectivity index (χ0v) is 10.6. The summed E-state index contributed by atoms with van der Waals surface area (Å²) >= 11 is 0. The number of rotatable bonds is 3. The lowest BCUT2D eigenvalue weighted by molar-refractivity contribution is -0.387. The molecule has 0 bridgehead atoms. The summed E-state index contributed by atoms with van der Waals surface area (Å²) in [6.07, 6.45) is 0. The van der Waals surface area contributed by atoms with Crippen LogP contribution in [0.3, 0.4) is 0 Å². The van der Waals surface area contributed by atoms with Crippen molar-refractivity contribution in [2.24, 2.45) is 5.41 Å². The molecule has 0 atom stereocenters. The molecule has 19 heavy (non-hydrogen) atoms. The van der Waals surface area contributed by atoms with E-state index in [4.69, 9.17) is 0 Å². The van der Waals surface area contributed by atoms with Gasteiger partial charge in [0.05, 0.1) is 16.7 Å². The highest BCUT2D eigenvalue weighted by atomic mass is 19.1. The summed E-state index contributed by atoms with van der Waals surface area (Å²) in [5.41, 5.74) is 2.30. The number of halogens is 2. The molecule has 0 fully saturated rings. The molecule has 0 aliphatic heterocycles. The molecule has 2 N–H and O–H groups in total. The lowest BCUT2D eigenvalue weighted by Gasteiger charge is -2.18. The van der Waals surface area contributed by atoms with Gasteiger partial charge in [-0.15, -0.1) is 0 Å². The predicted octanol–water partition coefficient (Wildman–Crippen LogP) is 2.36. The molecule has 0 spiro atoms. The molecule has 0 saturated heterocycles. The molecule has 0 radical (unpaired) electrons. The second-order valence-electron chi connectivity index (χ2n) is 4.87. The van der Waals surface area contributed by atoms with Crippen LogP contribution in [0.1, 0.15) is 20.8 Å². The van der Waals surface area contributed by atoms with Gasteiger partial charge >= 0.3 is 5.69 Å². The van der Waals surface area contributed by atoms with Gasteiger partial charge in [0, 0.05) is 11.5 Å². The van der Waals surface area contributed by atoms with E-state index in [9.17, 15) is 23.7 Å². The van der Waals surface area contributed by atoms with Gasteiger partial charge in [0.25, 0.3) is 0 Å². The van der Waals surface area contributed by atoms with Crippen molar-refractivity contribution in [3.63, 3.8) is 0 Å². The van der Waals surface area contributed by atoms with Gasteiger partial charge in [-0.25, -0.2) is 4.39 Å². The van der Waals surface area contributed by atoms with Crippen molar-refractivity contribution in [2.75, 3.05) is 5.43 Å². The number of carbonyl (C=O) groups excluding carboxylic acids is 1. The number of nitrogens with zero attached hydrogens (tertiary/aromatic N) is 1. The second kappa shape index (κ2) is 5.17. The van der Waals surface area contributed by atoms with E-state index < -0.39 is 33.6 Å². The minimum absolute atomic E-state index is 0.388. The first-order valence-electron chi connectivity index (χ1n) is 5.33. The van der Waals surface area contributed by atoms with Crippen LogP contribution >= 0.6 is 0 Å². The van der Waals surface area contributed by atoms with Crippen molar-refractivity contribution < 1.29 is 18.5 Å². The van der Waals surface area contributed by atoms with Gasteiger partial charge in [-0.1, -0.05) is 20.8 Å². The zero-order chi connectivity index (χ0) is 14.8. The van der Waals surface area contributed by atoms with Crippen molar-refractivity contribution in [2.45, 2.75) is 20.8 Å². The number of nitrogens with one attached hydrogen (secondary N) is 2. The average Bonchev–Trinajstić information content (AvgIpc) is 2.27. The van der Waals surface area contributed by atoms with E-state index in [-0.39, 0.29) is 5.69 Å². The number of nitro benzene ring substituents is 1. The molecule has 104 valence electrons. The summed E-state index contributed by atoms with van der Waals surface area (Å²) < 4.78 is 26.7. The van der Waals surface area contributed by atoms with Crippen LogP contribution in [0.4, 0.5) is 20.2 Å². The molecule has 1 amide bonds. The summed E-state index contributed by atoms with van der Waals surface area (Å²) in [6, 6.07) is 1.05. The zero-order valence-electron chi connectivity index (χ0n) is 10.6. The highest BCUT2D eigenvalue weighted by Gasteiger charge is 2.22. The second-order valence-corrected chi connectivity index (χ2v) is 4.87. The van der Waals surface area contributed by atoms with E-state index >= 15 is 0 Å². The number of hydrogen-bond donors (Lipinski definition) is 2. The molecule has 1 rings (SSSR count). The minimum atomic E-state index is -1.20. The maximum atomic E-state index is 13.5. The quantitative estimate of drug-likeness (QED) is 0.654. The van der Waals surface area contributed by atoms with Crippen molar-refractivity contribution >= 4 is 17.3 Å². The Kier molecular flexibility index (Phi) is 4.03. The molecule has 0 aliphatic carbocycles. The van der Waals surface area contributed by atoms with Crippen LogP contribution in [0, 0.1) is 27.2 Å². The minimum Gasteiger partial charge on any atom is -0.296 e. The molecular weight excluding hydrogens is 260 g/mol. The summed E-state index contributed by atoms with van der Waals surface area (Å²) in [7, 11) is 0. The smallest absolute Gasteiger partial charge is 0.296 e.